The van der Waals surface area contributed by atoms with Crippen LogP contribution in [0.15, 0.2) is 60.7 Å². The predicted octanol–water partition coefficient (Wildman–Crippen LogP) is 4.21. The molecular formula is C21H22N4O. The molecule has 26 heavy (non-hydrogen) atoms. The number of nitrogens with one attached hydrogen (secondary N) is 2. The molecule has 3 rings (SSSR count). The van der Waals surface area contributed by atoms with Crippen LogP contribution < -0.4 is 10.6 Å². The average molecular weight is 346 g/mol. The summed E-state index contributed by atoms with van der Waals surface area (Å²) in [5, 5.41) is 14.3. The Morgan fingerprint density at radius 1 is 1.00 bits per heavy atom. The third kappa shape index (κ3) is 4.45. The minimum Gasteiger partial charge on any atom is -0.365 e. The smallest absolute Gasteiger partial charge is 0.276 e. The molecule has 5 heteroatoms. The van der Waals surface area contributed by atoms with Crippen molar-refractivity contribution in [1.29, 1.82) is 0 Å². The van der Waals surface area contributed by atoms with Gasteiger partial charge in [0.1, 0.15) is 5.82 Å². The fourth-order valence-corrected chi connectivity index (χ4v) is 2.70. The van der Waals surface area contributed by atoms with E-state index in [1.165, 1.54) is 11.1 Å². The van der Waals surface area contributed by atoms with Crippen LogP contribution in [0.2, 0.25) is 0 Å². The zero-order chi connectivity index (χ0) is 18.4. The van der Waals surface area contributed by atoms with Crippen molar-refractivity contribution in [1.82, 2.24) is 10.2 Å². The molecule has 0 radical (unpaired) electrons. The van der Waals surface area contributed by atoms with Gasteiger partial charge in [0, 0.05) is 12.2 Å². The highest BCUT2D eigenvalue weighted by atomic mass is 16.1. The van der Waals surface area contributed by atoms with Crippen LogP contribution >= 0.6 is 0 Å². The Hall–Kier alpha value is -3.21. The molecule has 1 aromatic heterocycles. The van der Waals surface area contributed by atoms with E-state index in [2.05, 4.69) is 52.9 Å². The summed E-state index contributed by atoms with van der Waals surface area (Å²) in [4.78, 5) is 12.4. The molecular weight excluding hydrogens is 324 g/mol. The zero-order valence-corrected chi connectivity index (χ0v) is 15.0. The number of carbonyl (C=O) groups excluding carboxylic acids is 1. The van der Waals surface area contributed by atoms with Crippen molar-refractivity contribution >= 4 is 17.4 Å². The Kier molecular flexibility index (Phi) is 5.59. The largest absolute Gasteiger partial charge is 0.365 e. The summed E-state index contributed by atoms with van der Waals surface area (Å²) in [6.07, 6.45) is 0.851. The summed E-state index contributed by atoms with van der Waals surface area (Å²) in [6.45, 7) is 4.78. The van der Waals surface area contributed by atoms with Crippen LogP contribution in [0.4, 0.5) is 11.5 Å². The van der Waals surface area contributed by atoms with Gasteiger partial charge in [-0.1, -0.05) is 55.0 Å². The molecule has 2 N–H and O–H groups in total. The second-order valence-corrected chi connectivity index (χ2v) is 6.11. The van der Waals surface area contributed by atoms with Gasteiger partial charge in [0.25, 0.3) is 5.91 Å². The van der Waals surface area contributed by atoms with E-state index >= 15 is 0 Å². The van der Waals surface area contributed by atoms with E-state index in [-0.39, 0.29) is 11.6 Å². The van der Waals surface area contributed by atoms with Gasteiger partial charge in [0.2, 0.25) is 0 Å². The number of rotatable bonds is 6. The number of aryl methyl sites for hydroxylation is 2. The number of amides is 1. The first-order chi connectivity index (χ1) is 12.7. The monoisotopic (exact) mass is 346 g/mol. The molecule has 132 valence electrons. The molecule has 3 aromatic rings. The number of hydrogen-bond donors (Lipinski definition) is 2. The molecule has 1 heterocycles. The summed E-state index contributed by atoms with van der Waals surface area (Å²) in [7, 11) is 0. The van der Waals surface area contributed by atoms with Gasteiger partial charge in [0.05, 0.1) is 0 Å². The second kappa shape index (κ2) is 8.25. The molecule has 0 saturated carbocycles. The maximum Gasteiger partial charge on any atom is 0.276 e. The lowest BCUT2D eigenvalue weighted by Gasteiger charge is -2.09. The van der Waals surface area contributed by atoms with Gasteiger partial charge in [0.15, 0.2) is 5.69 Å². The molecule has 0 atom stereocenters. The number of anilines is 2. The van der Waals surface area contributed by atoms with E-state index in [9.17, 15) is 4.79 Å². The van der Waals surface area contributed by atoms with Crippen molar-refractivity contribution in [2.24, 2.45) is 0 Å². The molecule has 2 aromatic carbocycles. The van der Waals surface area contributed by atoms with Gasteiger partial charge < -0.3 is 10.6 Å². The van der Waals surface area contributed by atoms with E-state index < -0.39 is 0 Å². The maximum atomic E-state index is 12.4. The molecule has 0 aliphatic carbocycles. The predicted molar refractivity (Wildman–Crippen MR) is 104 cm³/mol. The molecule has 0 fully saturated rings. The van der Waals surface area contributed by atoms with Crippen LogP contribution in [0.25, 0.3) is 0 Å². The van der Waals surface area contributed by atoms with E-state index in [0.717, 1.165) is 17.7 Å². The molecule has 0 saturated heterocycles. The zero-order valence-electron chi connectivity index (χ0n) is 15.0. The van der Waals surface area contributed by atoms with Gasteiger partial charge in [-0.2, -0.15) is 0 Å². The lowest BCUT2D eigenvalue weighted by atomic mass is 10.1. The normalized spacial score (nSPS) is 10.4. The van der Waals surface area contributed by atoms with Crippen molar-refractivity contribution in [3.63, 3.8) is 0 Å². The number of hydrogen-bond acceptors (Lipinski definition) is 4. The Morgan fingerprint density at radius 2 is 1.85 bits per heavy atom. The Morgan fingerprint density at radius 3 is 2.58 bits per heavy atom. The summed E-state index contributed by atoms with van der Waals surface area (Å²) in [5.41, 5.74) is 4.57. The van der Waals surface area contributed by atoms with Crippen molar-refractivity contribution < 1.29 is 4.79 Å². The van der Waals surface area contributed by atoms with Crippen LogP contribution in [-0.2, 0) is 13.0 Å². The summed E-state index contributed by atoms with van der Waals surface area (Å²) in [6, 6.07) is 19.5. The van der Waals surface area contributed by atoms with Crippen LogP contribution in [0.1, 0.15) is 34.1 Å². The minimum atomic E-state index is -0.261. The topological polar surface area (TPSA) is 66.9 Å². The molecule has 1 amide bonds. The van der Waals surface area contributed by atoms with Crippen LogP contribution in [-0.4, -0.2) is 16.1 Å². The quantitative estimate of drug-likeness (QED) is 0.701. The number of aromatic nitrogens is 2. The standard InChI is InChI=1S/C21H22N4O/c1-3-17-9-4-5-10-18(17)23-21(26)19-11-12-20(25-24-19)22-14-16-8-6-7-15(2)13-16/h4-13H,3,14H2,1-2H3,(H,22,25)(H,23,26). The third-order valence-corrected chi connectivity index (χ3v) is 4.10. The van der Waals surface area contributed by atoms with Gasteiger partial charge in [-0.15, -0.1) is 10.2 Å². The lowest BCUT2D eigenvalue weighted by Crippen LogP contribution is -2.16. The van der Waals surface area contributed by atoms with Crippen molar-refractivity contribution in [2.45, 2.75) is 26.8 Å². The highest BCUT2D eigenvalue weighted by molar-refractivity contribution is 6.03. The highest BCUT2D eigenvalue weighted by Crippen LogP contribution is 2.16. The highest BCUT2D eigenvalue weighted by Gasteiger charge is 2.10. The number of para-hydroxylation sites is 1. The van der Waals surface area contributed by atoms with Crippen molar-refractivity contribution in [2.75, 3.05) is 10.6 Å². The van der Waals surface area contributed by atoms with Crippen LogP contribution in [0, 0.1) is 6.92 Å². The third-order valence-electron chi connectivity index (χ3n) is 4.10. The number of nitrogens with zero attached hydrogens (tertiary/aromatic N) is 2. The fraction of sp³-hybridized carbons (Fsp3) is 0.190. The second-order valence-electron chi connectivity index (χ2n) is 6.11. The summed E-state index contributed by atoms with van der Waals surface area (Å²) < 4.78 is 0. The van der Waals surface area contributed by atoms with Crippen LogP contribution in [0.5, 0.6) is 0 Å². The van der Waals surface area contributed by atoms with Gasteiger partial charge in [-0.25, -0.2) is 0 Å². The first-order valence-electron chi connectivity index (χ1n) is 8.68. The maximum absolute atomic E-state index is 12.4. The summed E-state index contributed by atoms with van der Waals surface area (Å²) in [5.74, 6) is 0.376. The van der Waals surface area contributed by atoms with Crippen molar-refractivity contribution in [3.8, 4) is 0 Å². The molecule has 0 bridgehead atoms. The number of benzene rings is 2. The molecule has 5 nitrogen and oxygen atoms in total. The van der Waals surface area contributed by atoms with E-state index in [1.54, 1.807) is 12.1 Å². The van der Waals surface area contributed by atoms with E-state index in [4.69, 9.17) is 0 Å². The number of carbonyl (C=O) groups is 1. The Labute approximate surface area is 153 Å². The Bertz CT molecular complexity index is 891. The average Bonchev–Trinajstić information content (AvgIpc) is 2.67. The molecule has 0 unspecified atom stereocenters. The molecule has 0 aliphatic heterocycles. The molecule has 0 aliphatic rings. The van der Waals surface area contributed by atoms with Gasteiger partial charge >= 0.3 is 0 Å². The summed E-state index contributed by atoms with van der Waals surface area (Å²) >= 11 is 0. The van der Waals surface area contributed by atoms with E-state index in [0.29, 0.717) is 12.4 Å². The first-order valence-corrected chi connectivity index (χ1v) is 8.68. The Balaban J connectivity index is 1.62. The van der Waals surface area contributed by atoms with Gasteiger partial charge in [-0.05, 0) is 42.7 Å². The SMILES string of the molecule is CCc1ccccc1NC(=O)c1ccc(NCc2cccc(C)c2)nn1. The van der Waals surface area contributed by atoms with Gasteiger partial charge in [-0.3, -0.25) is 4.79 Å². The minimum absolute atomic E-state index is 0.261. The van der Waals surface area contributed by atoms with E-state index in [1.807, 2.05) is 30.3 Å². The van der Waals surface area contributed by atoms with Crippen LogP contribution in [0.3, 0.4) is 0 Å². The fourth-order valence-electron chi connectivity index (χ4n) is 2.70. The first kappa shape index (κ1) is 17.6. The van der Waals surface area contributed by atoms with Crippen molar-refractivity contribution in [3.05, 3.63) is 83.0 Å². The molecule has 0 spiro atoms. The lowest BCUT2D eigenvalue weighted by molar-refractivity contribution is 0.102.